The van der Waals surface area contributed by atoms with E-state index in [1.165, 1.54) is 20.4 Å². The highest BCUT2D eigenvalue weighted by Gasteiger charge is 2.12. The summed E-state index contributed by atoms with van der Waals surface area (Å²) >= 11 is 6.18. The molecule has 0 saturated carbocycles. The number of para-hydroxylation sites is 1. The van der Waals surface area contributed by atoms with Gasteiger partial charge in [0, 0.05) is 11.6 Å². The maximum absolute atomic E-state index is 12.3. The smallest absolute Gasteiger partial charge is 0.275 e. The van der Waals surface area contributed by atoms with Crippen LogP contribution in [0.2, 0.25) is 5.02 Å². The Morgan fingerprint density at radius 1 is 1.19 bits per heavy atom. The van der Waals surface area contributed by atoms with Gasteiger partial charge in [-0.05, 0) is 18.2 Å². The van der Waals surface area contributed by atoms with Gasteiger partial charge in [0.25, 0.3) is 5.91 Å². The summed E-state index contributed by atoms with van der Waals surface area (Å²) < 4.78 is 15.9. The van der Waals surface area contributed by atoms with Crippen LogP contribution in [0.15, 0.2) is 54.2 Å². The van der Waals surface area contributed by atoms with Gasteiger partial charge in [0.15, 0.2) is 11.5 Å². The van der Waals surface area contributed by atoms with Gasteiger partial charge in [0.05, 0.1) is 31.0 Å². The Morgan fingerprint density at radius 3 is 2.58 bits per heavy atom. The van der Waals surface area contributed by atoms with Crippen molar-refractivity contribution in [3.63, 3.8) is 0 Å². The Bertz CT molecular complexity index is 821. The average Bonchev–Trinajstić information content (AvgIpc) is 2.67. The molecule has 0 spiro atoms. The molecule has 6 nitrogen and oxygen atoms in total. The first-order chi connectivity index (χ1) is 12.6. The minimum Gasteiger partial charge on any atom is -0.493 e. The largest absolute Gasteiger partial charge is 0.493 e. The van der Waals surface area contributed by atoms with Crippen LogP contribution < -0.4 is 19.6 Å². The van der Waals surface area contributed by atoms with Crippen LogP contribution in [-0.2, 0) is 0 Å². The molecule has 1 N–H and O–H groups in total. The number of carbonyl (C=O) groups excluding carboxylic acids is 1. The van der Waals surface area contributed by atoms with Crippen molar-refractivity contribution in [1.82, 2.24) is 5.43 Å². The molecule has 0 aliphatic heterocycles. The van der Waals surface area contributed by atoms with E-state index in [9.17, 15) is 4.79 Å². The van der Waals surface area contributed by atoms with Crippen molar-refractivity contribution in [1.29, 1.82) is 0 Å². The van der Waals surface area contributed by atoms with Gasteiger partial charge in [-0.1, -0.05) is 36.4 Å². The van der Waals surface area contributed by atoms with Gasteiger partial charge in [-0.2, -0.15) is 5.10 Å². The maximum Gasteiger partial charge on any atom is 0.275 e. The molecule has 0 unspecified atom stereocenters. The highest BCUT2D eigenvalue weighted by atomic mass is 35.5. The summed E-state index contributed by atoms with van der Waals surface area (Å²) in [5.74, 6) is 1.06. The Balaban J connectivity index is 2.14. The Labute approximate surface area is 157 Å². The van der Waals surface area contributed by atoms with E-state index < -0.39 is 5.91 Å². The highest BCUT2D eigenvalue weighted by Crippen LogP contribution is 2.32. The van der Waals surface area contributed by atoms with Crippen LogP contribution in [0.3, 0.4) is 0 Å². The van der Waals surface area contributed by atoms with Crippen molar-refractivity contribution in [3.8, 4) is 17.2 Å². The topological polar surface area (TPSA) is 69.2 Å². The molecule has 0 saturated heterocycles. The Hall–Kier alpha value is -2.99. The van der Waals surface area contributed by atoms with Crippen LogP contribution >= 0.6 is 11.6 Å². The number of hydrogen-bond acceptors (Lipinski definition) is 5. The fraction of sp³-hybridized carbons (Fsp3) is 0.158. The Kier molecular flexibility index (Phi) is 7.05. The van der Waals surface area contributed by atoms with Crippen LogP contribution in [0.5, 0.6) is 17.2 Å². The number of methoxy groups -OCH3 is 2. The normalized spacial score (nSPS) is 10.4. The predicted octanol–water partition coefficient (Wildman–Crippen LogP) is 3.69. The van der Waals surface area contributed by atoms with Crippen molar-refractivity contribution in [2.45, 2.75) is 0 Å². The summed E-state index contributed by atoms with van der Waals surface area (Å²) in [7, 11) is 3.04. The lowest BCUT2D eigenvalue weighted by atomic mass is 10.2. The molecule has 0 fully saturated rings. The van der Waals surface area contributed by atoms with Gasteiger partial charge in [0.2, 0.25) is 0 Å². The first kappa shape index (κ1) is 19.3. The maximum atomic E-state index is 12.3. The van der Waals surface area contributed by atoms with Crippen molar-refractivity contribution in [3.05, 3.63) is 65.2 Å². The number of benzene rings is 2. The molecular weight excluding hydrogens is 356 g/mol. The number of amides is 1. The van der Waals surface area contributed by atoms with Gasteiger partial charge in [0.1, 0.15) is 12.4 Å². The van der Waals surface area contributed by atoms with Crippen LogP contribution in [0.25, 0.3) is 0 Å². The van der Waals surface area contributed by atoms with Gasteiger partial charge < -0.3 is 14.2 Å². The molecule has 0 heterocycles. The number of hydrazone groups is 1. The molecule has 2 aromatic rings. The molecular formula is C19H19ClN2O4. The van der Waals surface area contributed by atoms with Gasteiger partial charge in [-0.3, -0.25) is 4.79 Å². The second-order valence-corrected chi connectivity index (χ2v) is 5.43. The summed E-state index contributed by atoms with van der Waals surface area (Å²) in [6.45, 7) is 3.89. The third kappa shape index (κ3) is 4.77. The van der Waals surface area contributed by atoms with Gasteiger partial charge in [-0.25, -0.2) is 5.43 Å². The average molecular weight is 375 g/mol. The lowest BCUT2D eigenvalue weighted by molar-refractivity contribution is 0.0951. The van der Waals surface area contributed by atoms with Crippen molar-refractivity contribution >= 4 is 23.7 Å². The zero-order chi connectivity index (χ0) is 18.9. The zero-order valence-corrected chi connectivity index (χ0v) is 15.2. The quantitative estimate of drug-likeness (QED) is 0.434. The molecule has 2 aromatic carbocycles. The number of rotatable bonds is 8. The molecule has 0 bridgehead atoms. The molecule has 7 heteroatoms. The van der Waals surface area contributed by atoms with Crippen LogP contribution in [0.1, 0.15) is 15.9 Å². The molecule has 1 amide bonds. The fourth-order valence-corrected chi connectivity index (χ4v) is 2.32. The summed E-state index contributed by atoms with van der Waals surface area (Å²) in [5.41, 5.74) is 3.39. The first-order valence-electron chi connectivity index (χ1n) is 7.68. The SMILES string of the molecule is C=CCOc1ccccc1C(=O)N/N=C/c1cc(OC)c(OC)cc1Cl. The highest BCUT2D eigenvalue weighted by molar-refractivity contribution is 6.33. The molecule has 0 atom stereocenters. The lowest BCUT2D eigenvalue weighted by Gasteiger charge is -2.10. The van der Waals surface area contributed by atoms with Crippen molar-refractivity contribution in [2.24, 2.45) is 5.10 Å². The fourth-order valence-electron chi connectivity index (χ4n) is 2.12. The minimum atomic E-state index is -0.405. The molecule has 0 aliphatic carbocycles. The van der Waals surface area contributed by atoms with Crippen molar-refractivity contribution < 1.29 is 19.0 Å². The summed E-state index contributed by atoms with van der Waals surface area (Å²) in [6.07, 6.45) is 3.03. The van der Waals surface area contributed by atoms with E-state index in [0.29, 0.717) is 40.0 Å². The van der Waals surface area contributed by atoms with Crippen LogP contribution in [0, 0.1) is 0 Å². The Morgan fingerprint density at radius 2 is 1.88 bits per heavy atom. The van der Waals surface area contributed by atoms with E-state index in [0.717, 1.165) is 0 Å². The third-order valence-corrected chi connectivity index (χ3v) is 3.69. The van der Waals surface area contributed by atoms with E-state index in [2.05, 4.69) is 17.1 Å². The second-order valence-electron chi connectivity index (χ2n) is 5.02. The number of nitrogens with one attached hydrogen (secondary N) is 1. The predicted molar refractivity (Wildman–Crippen MR) is 102 cm³/mol. The lowest BCUT2D eigenvalue weighted by Crippen LogP contribution is -2.18. The number of hydrogen-bond donors (Lipinski definition) is 1. The number of carbonyl (C=O) groups is 1. The zero-order valence-electron chi connectivity index (χ0n) is 14.5. The third-order valence-electron chi connectivity index (χ3n) is 3.36. The molecule has 0 radical (unpaired) electrons. The first-order valence-corrected chi connectivity index (χ1v) is 8.06. The number of ether oxygens (including phenoxy) is 3. The van der Waals surface area contributed by atoms with E-state index in [1.807, 2.05) is 0 Å². The van der Waals surface area contributed by atoms with E-state index in [1.54, 1.807) is 42.5 Å². The van der Waals surface area contributed by atoms with E-state index in [4.69, 9.17) is 25.8 Å². The monoisotopic (exact) mass is 374 g/mol. The van der Waals surface area contributed by atoms with Crippen molar-refractivity contribution in [2.75, 3.05) is 20.8 Å². The molecule has 136 valence electrons. The summed E-state index contributed by atoms with van der Waals surface area (Å²) in [6, 6.07) is 10.1. The summed E-state index contributed by atoms with van der Waals surface area (Å²) in [5, 5.41) is 4.36. The standard InChI is InChI=1S/C19H19ClN2O4/c1-4-9-26-16-8-6-5-7-14(16)19(23)22-21-12-13-10-17(24-2)18(25-3)11-15(13)20/h4-8,10-12H,1,9H2,2-3H3,(H,22,23)/b21-12+. The number of halogens is 1. The van der Waals surface area contributed by atoms with E-state index >= 15 is 0 Å². The van der Waals surface area contributed by atoms with Crippen LogP contribution in [0.4, 0.5) is 0 Å². The van der Waals surface area contributed by atoms with Gasteiger partial charge in [-0.15, -0.1) is 0 Å². The number of nitrogens with zero attached hydrogens (tertiary/aromatic N) is 1. The van der Waals surface area contributed by atoms with Gasteiger partial charge >= 0.3 is 0 Å². The minimum absolute atomic E-state index is 0.300. The molecule has 26 heavy (non-hydrogen) atoms. The second kappa shape index (κ2) is 9.48. The van der Waals surface area contributed by atoms with E-state index in [-0.39, 0.29) is 0 Å². The summed E-state index contributed by atoms with van der Waals surface area (Å²) in [4.78, 5) is 12.3. The molecule has 0 aromatic heterocycles. The molecule has 0 aliphatic rings. The van der Waals surface area contributed by atoms with Crippen LogP contribution in [-0.4, -0.2) is 32.9 Å². The molecule has 2 rings (SSSR count).